The number of rotatable bonds is 4. The molecule has 0 amide bonds. The van der Waals surface area contributed by atoms with Gasteiger partial charge >= 0.3 is 11.8 Å². The van der Waals surface area contributed by atoms with Gasteiger partial charge in [0.2, 0.25) is 3.70 Å². The highest BCUT2D eigenvalue weighted by molar-refractivity contribution is 14.1. The van der Waals surface area contributed by atoms with Gasteiger partial charge in [-0.25, -0.2) is 13.6 Å². The Labute approximate surface area is 114 Å². The van der Waals surface area contributed by atoms with Crippen LogP contribution in [0.2, 0.25) is 0 Å². The van der Waals surface area contributed by atoms with Gasteiger partial charge in [-0.15, -0.1) is 0 Å². The lowest BCUT2D eigenvalue weighted by molar-refractivity contribution is -0.390. The first-order valence-corrected chi connectivity index (χ1v) is 5.76. The normalized spacial score (nSPS) is 10.5. The maximum atomic E-state index is 12.6. The first-order valence-electron chi connectivity index (χ1n) is 4.68. The molecule has 0 atom stereocenters. The van der Waals surface area contributed by atoms with Gasteiger partial charge < -0.3 is 14.9 Å². The number of hydrogen-bond acceptors (Lipinski definition) is 5. The minimum absolute atomic E-state index is 0.0218. The Morgan fingerprint density at radius 2 is 2.28 bits per heavy atom. The highest BCUT2D eigenvalue weighted by Gasteiger charge is 2.29. The van der Waals surface area contributed by atoms with Crippen LogP contribution in [-0.4, -0.2) is 22.5 Å². The van der Waals surface area contributed by atoms with Crippen molar-refractivity contribution in [3.05, 3.63) is 31.0 Å². The zero-order chi connectivity index (χ0) is 13.9. The van der Waals surface area contributed by atoms with Crippen LogP contribution in [0, 0.1) is 13.8 Å². The number of alkyl halides is 2. The molecule has 1 heterocycles. The van der Waals surface area contributed by atoms with Gasteiger partial charge in [-0.05, 0) is 22.9 Å². The van der Waals surface area contributed by atoms with Crippen LogP contribution < -0.4 is 0 Å². The molecule has 18 heavy (non-hydrogen) atoms. The van der Waals surface area contributed by atoms with Crippen molar-refractivity contribution in [1.82, 2.24) is 4.98 Å². The zero-order valence-electron chi connectivity index (χ0n) is 9.02. The molecule has 0 aliphatic rings. The van der Waals surface area contributed by atoms with E-state index < -0.39 is 34.3 Å². The summed E-state index contributed by atoms with van der Waals surface area (Å²) in [5.74, 6) is -1.84. The summed E-state index contributed by atoms with van der Waals surface area (Å²) in [5, 5.41) is 10.7. The summed E-state index contributed by atoms with van der Waals surface area (Å²) in [4.78, 5) is 24.6. The number of esters is 1. The van der Waals surface area contributed by atoms with E-state index in [0.29, 0.717) is 0 Å². The van der Waals surface area contributed by atoms with Crippen LogP contribution in [-0.2, 0) is 4.74 Å². The van der Waals surface area contributed by atoms with Crippen LogP contribution in [0.3, 0.4) is 0 Å². The maximum absolute atomic E-state index is 12.6. The number of carbonyl (C=O) groups excluding carboxylic acids is 1. The standard InChI is InChI=1S/C9H7F2IN2O4/c1-2-18-9(15)5-3-4(6(10)11)7(12)13-8(5)14(16)17/h3,6H,2H2,1H3. The number of nitrogens with zero attached hydrogens (tertiary/aromatic N) is 2. The maximum Gasteiger partial charge on any atom is 0.379 e. The summed E-state index contributed by atoms with van der Waals surface area (Å²) < 4.78 is 29.6. The van der Waals surface area contributed by atoms with E-state index in [4.69, 9.17) is 0 Å². The van der Waals surface area contributed by atoms with Crippen molar-refractivity contribution in [3.63, 3.8) is 0 Å². The van der Waals surface area contributed by atoms with E-state index >= 15 is 0 Å². The summed E-state index contributed by atoms with van der Waals surface area (Å²) in [5.41, 5.74) is -1.11. The minimum atomic E-state index is -2.88. The molecule has 0 saturated carbocycles. The van der Waals surface area contributed by atoms with E-state index in [0.717, 1.165) is 6.07 Å². The average molecular weight is 372 g/mol. The van der Waals surface area contributed by atoms with Crippen LogP contribution in [0.4, 0.5) is 14.6 Å². The summed E-state index contributed by atoms with van der Waals surface area (Å²) in [7, 11) is 0. The van der Waals surface area contributed by atoms with Crippen molar-refractivity contribution < 1.29 is 23.2 Å². The summed E-state index contributed by atoms with van der Waals surface area (Å²) in [6.07, 6.45) is -2.88. The quantitative estimate of drug-likeness (QED) is 0.267. The van der Waals surface area contributed by atoms with Gasteiger partial charge in [0.1, 0.15) is 0 Å². The summed E-state index contributed by atoms with van der Waals surface area (Å²) in [6.45, 7) is 1.48. The molecular formula is C9H7F2IN2O4. The number of halogens is 3. The third-order valence-electron chi connectivity index (χ3n) is 1.89. The molecule has 0 aromatic carbocycles. The fourth-order valence-electron chi connectivity index (χ4n) is 1.15. The van der Waals surface area contributed by atoms with Crippen LogP contribution >= 0.6 is 22.6 Å². The summed E-state index contributed by atoms with van der Waals surface area (Å²) in [6, 6.07) is 0.746. The molecule has 1 aromatic rings. The van der Waals surface area contributed by atoms with Gasteiger partial charge in [-0.2, -0.15) is 0 Å². The van der Waals surface area contributed by atoms with Crippen molar-refractivity contribution in [2.24, 2.45) is 0 Å². The first kappa shape index (κ1) is 14.7. The second kappa shape index (κ2) is 5.98. The molecule has 6 nitrogen and oxygen atoms in total. The molecule has 0 fully saturated rings. The third kappa shape index (κ3) is 3.09. The molecular weight excluding hydrogens is 365 g/mol. The second-order valence-corrected chi connectivity index (χ2v) is 4.04. The SMILES string of the molecule is CCOC(=O)c1cc(C(F)F)c(I)nc1[N+](=O)[O-]. The van der Waals surface area contributed by atoms with Gasteiger partial charge in [0.25, 0.3) is 6.43 Å². The number of carbonyl (C=O) groups is 1. The lowest BCUT2D eigenvalue weighted by Crippen LogP contribution is -2.11. The Kier molecular flexibility index (Phi) is 4.87. The molecule has 1 aromatic heterocycles. The van der Waals surface area contributed by atoms with E-state index in [-0.39, 0.29) is 10.3 Å². The summed E-state index contributed by atoms with van der Waals surface area (Å²) >= 11 is 1.45. The van der Waals surface area contributed by atoms with Crippen LogP contribution in [0.25, 0.3) is 0 Å². The molecule has 0 aliphatic heterocycles. The Morgan fingerprint density at radius 1 is 1.67 bits per heavy atom. The van der Waals surface area contributed by atoms with Crippen molar-refractivity contribution in [2.75, 3.05) is 6.61 Å². The predicted molar refractivity (Wildman–Crippen MR) is 64.5 cm³/mol. The molecule has 0 saturated heterocycles. The van der Waals surface area contributed by atoms with E-state index in [9.17, 15) is 23.7 Å². The number of hydrogen-bond donors (Lipinski definition) is 0. The van der Waals surface area contributed by atoms with Crippen LogP contribution in [0.15, 0.2) is 6.07 Å². The van der Waals surface area contributed by atoms with Gasteiger partial charge in [0.05, 0.1) is 12.2 Å². The predicted octanol–water partition coefficient (Wildman–Crippen LogP) is 2.71. The minimum Gasteiger partial charge on any atom is -0.462 e. The topological polar surface area (TPSA) is 82.3 Å². The molecule has 1 rings (SSSR count). The number of aromatic nitrogens is 1. The van der Waals surface area contributed by atoms with Crippen molar-refractivity contribution in [2.45, 2.75) is 13.3 Å². The lowest BCUT2D eigenvalue weighted by atomic mass is 10.2. The Morgan fingerprint density at radius 3 is 2.72 bits per heavy atom. The van der Waals surface area contributed by atoms with E-state index in [2.05, 4.69) is 9.72 Å². The monoisotopic (exact) mass is 372 g/mol. The first-order chi connectivity index (χ1) is 8.38. The van der Waals surface area contributed by atoms with E-state index in [1.54, 1.807) is 0 Å². The molecule has 98 valence electrons. The van der Waals surface area contributed by atoms with Gasteiger partial charge in [-0.1, -0.05) is 0 Å². The molecule has 0 aliphatic carbocycles. The van der Waals surface area contributed by atoms with E-state index in [1.807, 2.05) is 0 Å². The molecule has 0 unspecified atom stereocenters. The average Bonchev–Trinajstić information content (AvgIpc) is 2.28. The van der Waals surface area contributed by atoms with Gasteiger partial charge in [-0.3, -0.25) is 0 Å². The molecule has 0 bridgehead atoms. The van der Waals surface area contributed by atoms with Crippen molar-refractivity contribution in [3.8, 4) is 0 Å². The Balaban J connectivity index is 3.40. The number of nitro groups is 1. The highest BCUT2D eigenvalue weighted by atomic mass is 127. The molecule has 0 spiro atoms. The molecule has 0 radical (unpaired) electrons. The molecule has 0 N–H and O–H groups in total. The van der Waals surface area contributed by atoms with Gasteiger partial charge in [0, 0.05) is 22.6 Å². The van der Waals surface area contributed by atoms with E-state index in [1.165, 1.54) is 29.5 Å². The number of pyridine rings is 1. The fourth-order valence-corrected chi connectivity index (χ4v) is 1.77. The van der Waals surface area contributed by atoms with Gasteiger partial charge in [0.15, 0.2) is 5.56 Å². The lowest BCUT2D eigenvalue weighted by Gasteiger charge is -2.05. The largest absolute Gasteiger partial charge is 0.462 e. The van der Waals surface area contributed by atoms with Crippen molar-refractivity contribution >= 4 is 34.4 Å². The molecule has 9 heteroatoms. The Hall–Kier alpha value is -1.39. The fraction of sp³-hybridized carbons (Fsp3) is 0.333. The second-order valence-electron chi connectivity index (χ2n) is 3.02. The Bertz CT molecular complexity index is 496. The highest BCUT2D eigenvalue weighted by Crippen LogP contribution is 2.28. The zero-order valence-corrected chi connectivity index (χ0v) is 11.2. The third-order valence-corrected chi connectivity index (χ3v) is 2.75. The van der Waals surface area contributed by atoms with Crippen LogP contribution in [0.1, 0.15) is 29.3 Å². The smallest absolute Gasteiger partial charge is 0.379 e. The number of ether oxygens (including phenoxy) is 1. The van der Waals surface area contributed by atoms with Crippen molar-refractivity contribution in [1.29, 1.82) is 0 Å². The van der Waals surface area contributed by atoms with Crippen LogP contribution in [0.5, 0.6) is 0 Å².